The van der Waals surface area contributed by atoms with Gasteiger partial charge >= 0.3 is 0 Å². The highest BCUT2D eigenvalue weighted by Crippen LogP contribution is 2.09. The maximum atomic E-state index is 11.7. The number of hydrogen-bond donors (Lipinski definition) is 2. The van der Waals surface area contributed by atoms with Gasteiger partial charge in [-0.2, -0.15) is 0 Å². The van der Waals surface area contributed by atoms with Gasteiger partial charge in [-0.25, -0.2) is 0 Å². The normalized spacial score (nSPS) is 10.1. The number of aromatic nitrogens is 2. The smallest absolute Gasteiger partial charge is 0.273 e. The number of carbonyl (C=O) groups is 1. The Morgan fingerprint density at radius 3 is 2.65 bits per heavy atom. The first kappa shape index (κ1) is 13.8. The molecule has 0 bridgehead atoms. The molecule has 1 aromatic heterocycles. The Hall–Kier alpha value is -2.63. The minimum Gasteiger partial charge on any atom is -0.399 e. The van der Waals surface area contributed by atoms with Crippen LogP contribution in [-0.4, -0.2) is 35.1 Å². The van der Waals surface area contributed by atoms with E-state index in [9.17, 15) is 4.79 Å². The first-order valence-electron chi connectivity index (χ1n) is 6.20. The quantitative estimate of drug-likeness (QED) is 0.820. The zero-order chi connectivity index (χ0) is 14.5. The first-order valence-corrected chi connectivity index (χ1v) is 6.20. The van der Waals surface area contributed by atoms with Crippen molar-refractivity contribution in [2.24, 2.45) is 0 Å². The fraction of sp³-hybridized carbons (Fsp3) is 0.214. The molecule has 6 nitrogen and oxygen atoms in total. The highest BCUT2D eigenvalue weighted by molar-refractivity contribution is 5.91. The Labute approximate surface area is 117 Å². The van der Waals surface area contributed by atoms with Gasteiger partial charge in [0.05, 0.1) is 0 Å². The molecule has 0 saturated heterocycles. The fourth-order valence-electron chi connectivity index (χ4n) is 1.67. The highest BCUT2D eigenvalue weighted by atomic mass is 16.2. The van der Waals surface area contributed by atoms with Gasteiger partial charge in [0, 0.05) is 26.3 Å². The third kappa shape index (κ3) is 3.44. The summed E-state index contributed by atoms with van der Waals surface area (Å²) in [6, 6.07) is 11.0. The Kier molecular flexibility index (Phi) is 4.14. The molecule has 1 heterocycles. The van der Waals surface area contributed by atoms with Gasteiger partial charge in [-0.1, -0.05) is 12.1 Å². The molecular formula is C14H17N5O. The van der Waals surface area contributed by atoms with Gasteiger partial charge in [-0.15, -0.1) is 10.2 Å². The lowest BCUT2D eigenvalue weighted by molar-refractivity contribution is 0.0821. The molecule has 1 aromatic carbocycles. The zero-order valence-electron chi connectivity index (χ0n) is 11.5. The standard InChI is InChI=1S/C14H17N5O/c1-19(2)14(20)12-6-7-13(18-17-12)16-9-10-4-3-5-11(15)8-10/h3-8H,9,15H2,1-2H3,(H,16,18). The third-order valence-electron chi connectivity index (χ3n) is 2.71. The largest absolute Gasteiger partial charge is 0.399 e. The molecule has 2 rings (SSSR count). The average Bonchev–Trinajstić information content (AvgIpc) is 2.45. The molecule has 0 fully saturated rings. The number of rotatable bonds is 4. The van der Waals surface area contributed by atoms with Crippen LogP contribution in [0.2, 0.25) is 0 Å². The van der Waals surface area contributed by atoms with Gasteiger partial charge in [0.1, 0.15) is 5.82 Å². The molecule has 6 heteroatoms. The van der Waals surface area contributed by atoms with E-state index in [4.69, 9.17) is 5.73 Å². The van der Waals surface area contributed by atoms with E-state index < -0.39 is 0 Å². The Morgan fingerprint density at radius 1 is 1.25 bits per heavy atom. The summed E-state index contributed by atoms with van der Waals surface area (Å²) >= 11 is 0. The molecule has 0 aliphatic rings. The van der Waals surface area contributed by atoms with Crippen LogP contribution < -0.4 is 11.1 Å². The Balaban J connectivity index is 1.99. The molecule has 0 aliphatic heterocycles. The second-order valence-electron chi connectivity index (χ2n) is 4.60. The highest BCUT2D eigenvalue weighted by Gasteiger charge is 2.09. The molecule has 0 radical (unpaired) electrons. The third-order valence-corrected chi connectivity index (χ3v) is 2.71. The van der Waals surface area contributed by atoms with Crippen LogP contribution in [0.15, 0.2) is 36.4 Å². The zero-order valence-corrected chi connectivity index (χ0v) is 11.5. The van der Waals surface area contributed by atoms with Crippen LogP contribution in [0.5, 0.6) is 0 Å². The van der Waals surface area contributed by atoms with Gasteiger partial charge in [-0.05, 0) is 29.8 Å². The summed E-state index contributed by atoms with van der Waals surface area (Å²) in [7, 11) is 3.35. The summed E-state index contributed by atoms with van der Waals surface area (Å²) in [5.41, 5.74) is 7.81. The van der Waals surface area contributed by atoms with E-state index in [2.05, 4.69) is 15.5 Å². The topological polar surface area (TPSA) is 84.1 Å². The van der Waals surface area contributed by atoms with Crippen LogP contribution in [0.4, 0.5) is 11.5 Å². The van der Waals surface area contributed by atoms with Crippen molar-refractivity contribution in [2.75, 3.05) is 25.1 Å². The van der Waals surface area contributed by atoms with E-state index in [-0.39, 0.29) is 5.91 Å². The number of hydrogen-bond acceptors (Lipinski definition) is 5. The molecule has 0 aliphatic carbocycles. The maximum Gasteiger partial charge on any atom is 0.273 e. The van der Waals surface area contributed by atoms with Gasteiger partial charge in [0.25, 0.3) is 5.91 Å². The van der Waals surface area contributed by atoms with E-state index in [0.717, 1.165) is 11.3 Å². The van der Waals surface area contributed by atoms with Crippen molar-refractivity contribution in [3.63, 3.8) is 0 Å². The van der Waals surface area contributed by atoms with Crippen molar-refractivity contribution in [1.29, 1.82) is 0 Å². The van der Waals surface area contributed by atoms with Crippen molar-refractivity contribution >= 4 is 17.4 Å². The average molecular weight is 271 g/mol. The van der Waals surface area contributed by atoms with Crippen LogP contribution in [0.25, 0.3) is 0 Å². The summed E-state index contributed by atoms with van der Waals surface area (Å²) < 4.78 is 0. The first-order chi connectivity index (χ1) is 9.56. The summed E-state index contributed by atoms with van der Waals surface area (Å²) in [4.78, 5) is 13.1. The summed E-state index contributed by atoms with van der Waals surface area (Å²) in [6.07, 6.45) is 0. The lowest BCUT2D eigenvalue weighted by atomic mass is 10.2. The SMILES string of the molecule is CN(C)C(=O)c1ccc(NCc2cccc(N)c2)nn1. The number of nitrogens with zero attached hydrogens (tertiary/aromatic N) is 3. The number of nitrogen functional groups attached to an aromatic ring is 1. The molecule has 0 spiro atoms. The number of amides is 1. The van der Waals surface area contributed by atoms with Crippen LogP contribution in [-0.2, 0) is 6.54 Å². The number of carbonyl (C=O) groups excluding carboxylic acids is 1. The number of benzene rings is 1. The van der Waals surface area contributed by atoms with Crippen molar-refractivity contribution in [3.05, 3.63) is 47.7 Å². The molecule has 104 valence electrons. The molecule has 0 saturated carbocycles. The fourth-order valence-corrected chi connectivity index (χ4v) is 1.67. The minimum absolute atomic E-state index is 0.167. The molecule has 20 heavy (non-hydrogen) atoms. The maximum absolute atomic E-state index is 11.7. The van der Waals surface area contributed by atoms with Crippen LogP contribution in [0, 0.1) is 0 Å². The summed E-state index contributed by atoms with van der Waals surface area (Å²) in [5, 5.41) is 11.0. The van der Waals surface area contributed by atoms with E-state index >= 15 is 0 Å². The second-order valence-corrected chi connectivity index (χ2v) is 4.60. The number of nitrogens with two attached hydrogens (primary N) is 1. The van der Waals surface area contributed by atoms with E-state index in [1.54, 1.807) is 26.2 Å². The predicted octanol–water partition coefficient (Wildman–Crippen LogP) is 1.37. The predicted molar refractivity (Wildman–Crippen MR) is 78.2 cm³/mol. The molecule has 3 N–H and O–H groups in total. The molecule has 0 atom stereocenters. The second kappa shape index (κ2) is 6.01. The van der Waals surface area contributed by atoms with Crippen LogP contribution >= 0.6 is 0 Å². The summed E-state index contributed by atoms with van der Waals surface area (Å²) in [6.45, 7) is 0.598. The van der Waals surface area contributed by atoms with Gasteiger partial charge in [0.2, 0.25) is 0 Å². The van der Waals surface area contributed by atoms with E-state index in [0.29, 0.717) is 18.1 Å². The Morgan fingerprint density at radius 2 is 2.05 bits per heavy atom. The lowest BCUT2D eigenvalue weighted by Crippen LogP contribution is -2.23. The van der Waals surface area contributed by atoms with E-state index in [1.807, 2.05) is 24.3 Å². The van der Waals surface area contributed by atoms with Crippen molar-refractivity contribution < 1.29 is 4.79 Å². The van der Waals surface area contributed by atoms with Crippen molar-refractivity contribution in [3.8, 4) is 0 Å². The number of nitrogens with one attached hydrogen (secondary N) is 1. The molecule has 2 aromatic rings. The molecular weight excluding hydrogens is 254 g/mol. The summed E-state index contributed by atoms with van der Waals surface area (Å²) in [5.74, 6) is 0.447. The van der Waals surface area contributed by atoms with E-state index in [1.165, 1.54) is 4.90 Å². The van der Waals surface area contributed by atoms with Gasteiger partial charge < -0.3 is 16.0 Å². The van der Waals surface area contributed by atoms with Crippen LogP contribution in [0.1, 0.15) is 16.1 Å². The monoisotopic (exact) mass is 271 g/mol. The lowest BCUT2D eigenvalue weighted by Gasteiger charge is -2.09. The van der Waals surface area contributed by atoms with Crippen molar-refractivity contribution in [2.45, 2.75) is 6.54 Å². The Bertz CT molecular complexity index is 595. The molecule has 1 amide bonds. The van der Waals surface area contributed by atoms with Crippen molar-refractivity contribution in [1.82, 2.24) is 15.1 Å². The number of anilines is 2. The van der Waals surface area contributed by atoms with Gasteiger partial charge in [0.15, 0.2) is 5.69 Å². The minimum atomic E-state index is -0.167. The molecule has 0 unspecified atom stereocenters. The van der Waals surface area contributed by atoms with Crippen LogP contribution in [0.3, 0.4) is 0 Å². The van der Waals surface area contributed by atoms with Gasteiger partial charge in [-0.3, -0.25) is 4.79 Å².